The Bertz CT molecular complexity index is 646. The van der Waals surface area contributed by atoms with E-state index in [2.05, 4.69) is 14.8 Å². The molecule has 2 aromatic heterocycles. The number of carboxylic acids is 1. The number of nitrogens with one attached hydrogen (secondary N) is 1. The van der Waals surface area contributed by atoms with Crippen molar-refractivity contribution in [2.45, 2.75) is 11.4 Å². The van der Waals surface area contributed by atoms with E-state index in [0.29, 0.717) is 0 Å². The summed E-state index contributed by atoms with van der Waals surface area (Å²) in [6.07, 6.45) is 3.69. The summed E-state index contributed by atoms with van der Waals surface area (Å²) in [6.45, 7) is -0.396. The molecular weight excluding hydrogens is 280 g/mol. The van der Waals surface area contributed by atoms with E-state index >= 15 is 0 Å². The van der Waals surface area contributed by atoms with E-state index in [9.17, 15) is 13.2 Å². The molecule has 0 atom stereocenters. The zero-order valence-corrected chi connectivity index (χ0v) is 10.5. The van der Waals surface area contributed by atoms with E-state index in [1.54, 1.807) is 5.38 Å². The van der Waals surface area contributed by atoms with Crippen molar-refractivity contribution in [3.63, 3.8) is 0 Å². The average molecular weight is 288 g/mol. The fourth-order valence-corrected chi connectivity index (χ4v) is 2.90. The van der Waals surface area contributed by atoms with Crippen LogP contribution in [0.2, 0.25) is 0 Å². The lowest BCUT2D eigenvalue weighted by atomic mass is 10.6. The number of thiazole rings is 1. The van der Waals surface area contributed by atoms with Crippen LogP contribution in [0.4, 0.5) is 5.13 Å². The molecule has 2 aromatic rings. The molecule has 0 aliphatic rings. The van der Waals surface area contributed by atoms with E-state index < -0.39 is 22.5 Å². The van der Waals surface area contributed by atoms with Gasteiger partial charge in [0.2, 0.25) is 0 Å². The van der Waals surface area contributed by atoms with Gasteiger partial charge >= 0.3 is 5.97 Å². The number of carbonyl (C=O) groups is 1. The summed E-state index contributed by atoms with van der Waals surface area (Å²) in [6, 6.07) is 0. The van der Waals surface area contributed by atoms with Crippen molar-refractivity contribution in [2.75, 3.05) is 4.72 Å². The Morgan fingerprint density at radius 1 is 1.56 bits per heavy atom. The molecular formula is C8H8N4O4S2. The lowest BCUT2D eigenvalue weighted by Gasteiger charge is -2.01. The Kier molecular flexibility index (Phi) is 3.30. The lowest BCUT2D eigenvalue weighted by Crippen LogP contribution is -2.12. The molecule has 0 saturated carbocycles. The average Bonchev–Trinajstić information content (AvgIpc) is 2.87. The molecule has 2 heterocycles. The van der Waals surface area contributed by atoms with Crippen LogP contribution in [-0.2, 0) is 21.4 Å². The third-order valence-corrected chi connectivity index (χ3v) is 3.98. The summed E-state index contributed by atoms with van der Waals surface area (Å²) >= 11 is 1.14. The normalized spacial score (nSPS) is 11.3. The Morgan fingerprint density at radius 2 is 2.33 bits per heavy atom. The van der Waals surface area contributed by atoms with Gasteiger partial charge in [-0.05, 0) is 0 Å². The van der Waals surface area contributed by atoms with Gasteiger partial charge < -0.3 is 5.11 Å². The first-order valence-electron chi connectivity index (χ1n) is 4.64. The van der Waals surface area contributed by atoms with Crippen molar-refractivity contribution in [1.29, 1.82) is 0 Å². The molecule has 8 nitrogen and oxygen atoms in total. The van der Waals surface area contributed by atoms with Crippen LogP contribution in [0.1, 0.15) is 0 Å². The van der Waals surface area contributed by atoms with Crippen LogP contribution in [0.15, 0.2) is 28.9 Å². The highest BCUT2D eigenvalue weighted by atomic mass is 32.2. The molecule has 0 amide bonds. The molecule has 0 aromatic carbocycles. The molecule has 0 spiro atoms. The van der Waals surface area contributed by atoms with Crippen molar-refractivity contribution >= 4 is 32.5 Å². The fourth-order valence-electron chi connectivity index (χ4n) is 1.16. The predicted molar refractivity (Wildman–Crippen MR) is 62.8 cm³/mol. The number of carboxylic acid groups (broad SMARTS) is 1. The molecule has 0 fully saturated rings. The molecule has 2 N–H and O–H groups in total. The van der Waals surface area contributed by atoms with Crippen LogP contribution >= 0.6 is 11.3 Å². The first-order valence-corrected chi connectivity index (χ1v) is 7.00. The minimum atomic E-state index is -3.78. The summed E-state index contributed by atoms with van der Waals surface area (Å²) < 4.78 is 27.0. The third-order valence-electron chi connectivity index (χ3n) is 1.87. The topological polar surface area (TPSA) is 114 Å². The molecule has 0 radical (unpaired) electrons. The third kappa shape index (κ3) is 2.84. The van der Waals surface area contributed by atoms with Crippen LogP contribution in [0.25, 0.3) is 0 Å². The molecule has 2 rings (SSSR count). The maximum Gasteiger partial charge on any atom is 0.325 e. The van der Waals surface area contributed by atoms with Gasteiger partial charge in [-0.15, -0.1) is 11.3 Å². The molecule has 0 unspecified atom stereocenters. The summed E-state index contributed by atoms with van der Waals surface area (Å²) in [5.41, 5.74) is 0. The largest absolute Gasteiger partial charge is 0.480 e. The highest BCUT2D eigenvalue weighted by Crippen LogP contribution is 2.17. The number of anilines is 1. The minimum absolute atomic E-state index is 0.112. The van der Waals surface area contributed by atoms with Gasteiger partial charge in [0.25, 0.3) is 10.0 Å². The van der Waals surface area contributed by atoms with E-state index in [-0.39, 0.29) is 10.0 Å². The second-order valence-electron chi connectivity index (χ2n) is 3.21. The van der Waals surface area contributed by atoms with Crippen molar-refractivity contribution in [3.05, 3.63) is 24.0 Å². The number of sulfonamides is 1. The summed E-state index contributed by atoms with van der Waals surface area (Å²) in [4.78, 5) is 14.1. The zero-order chi connectivity index (χ0) is 13.2. The van der Waals surface area contributed by atoms with E-state index in [1.807, 2.05) is 0 Å². The van der Waals surface area contributed by atoms with Crippen molar-refractivity contribution in [1.82, 2.24) is 14.8 Å². The predicted octanol–water partition coefficient (Wildman–Crippen LogP) is 0.225. The Morgan fingerprint density at radius 3 is 2.94 bits per heavy atom. The van der Waals surface area contributed by atoms with Gasteiger partial charge in [0.05, 0.1) is 6.20 Å². The van der Waals surface area contributed by atoms with Crippen LogP contribution in [0.3, 0.4) is 0 Å². The zero-order valence-electron chi connectivity index (χ0n) is 8.85. The molecule has 0 aliphatic heterocycles. The van der Waals surface area contributed by atoms with Gasteiger partial charge in [-0.2, -0.15) is 5.10 Å². The Hall–Kier alpha value is -1.94. The van der Waals surface area contributed by atoms with Crippen molar-refractivity contribution in [2.24, 2.45) is 0 Å². The fraction of sp³-hybridized carbons (Fsp3) is 0.125. The standard InChI is InChI=1S/C8H8N4O4S2/c13-7(14)5-12-4-6(3-10-12)18(15,16)11-8-9-1-2-17-8/h1-4H,5H2,(H,9,11)(H,13,14). The summed E-state index contributed by atoms with van der Waals surface area (Å²) in [5, 5.41) is 14.1. The summed E-state index contributed by atoms with van der Waals surface area (Å²) in [5.74, 6) is -1.10. The molecule has 96 valence electrons. The van der Waals surface area contributed by atoms with Crippen molar-refractivity contribution < 1.29 is 18.3 Å². The van der Waals surface area contributed by atoms with Gasteiger partial charge in [0.15, 0.2) is 5.13 Å². The van der Waals surface area contributed by atoms with Gasteiger partial charge in [-0.25, -0.2) is 13.4 Å². The Labute approximate surface area is 106 Å². The van der Waals surface area contributed by atoms with Crippen LogP contribution in [-0.4, -0.2) is 34.3 Å². The van der Waals surface area contributed by atoms with Gasteiger partial charge in [-0.3, -0.25) is 14.2 Å². The second kappa shape index (κ2) is 4.74. The number of nitrogens with zero attached hydrogens (tertiary/aromatic N) is 3. The van der Waals surface area contributed by atoms with Crippen molar-refractivity contribution in [3.8, 4) is 0 Å². The first-order chi connectivity index (χ1) is 8.47. The molecule has 0 bridgehead atoms. The number of hydrogen-bond donors (Lipinski definition) is 2. The van der Waals surface area contributed by atoms with E-state index in [0.717, 1.165) is 28.4 Å². The number of rotatable bonds is 5. The van der Waals surface area contributed by atoms with E-state index in [4.69, 9.17) is 5.11 Å². The maximum absolute atomic E-state index is 11.9. The second-order valence-corrected chi connectivity index (χ2v) is 5.79. The van der Waals surface area contributed by atoms with Gasteiger partial charge in [0, 0.05) is 17.8 Å². The van der Waals surface area contributed by atoms with Crippen LogP contribution in [0.5, 0.6) is 0 Å². The highest BCUT2D eigenvalue weighted by Gasteiger charge is 2.18. The molecule has 18 heavy (non-hydrogen) atoms. The van der Waals surface area contributed by atoms with Gasteiger partial charge in [0.1, 0.15) is 11.4 Å². The van der Waals surface area contributed by atoms with Gasteiger partial charge in [-0.1, -0.05) is 0 Å². The van der Waals surface area contributed by atoms with E-state index in [1.165, 1.54) is 6.20 Å². The SMILES string of the molecule is O=C(O)Cn1cc(S(=O)(=O)Nc2nccs2)cn1. The monoisotopic (exact) mass is 288 g/mol. The number of aliphatic carboxylic acids is 1. The quantitative estimate of drug-likeness (QED) is 0.813. The summed E-state index contributed by atoms with van der Waals surface area (Å²) in [7, 11) is -3.78. The lowest BCUT2D eigenvalue weighted by molar-refractivity contribution is -0.137. The number of aromatic nitrogens is 3. The maximum atomic E-state index is 11.9. The number of hydrogen-bond acceptors (Lipinski definition) is 6. The Balaban J connectivity index is 2.19. The minimum Gasteiger partial charge on any atom is -0.480 e. The molecule has 0 aliphatic carbocycles. The van der Waals surface area contributed by atoms with Crippen LogP contribution in [0, 0.1) is 0 Å². The van der Waals surface area contributed by atoms with Crippen LogP contribution < -0.4 is 4.72 Å². The first kappa shape index (κ1) is 12.5. The smallest absolute Gasteiger partial charge is 0.325 e. The molecule has 0 saturated heterocycles. The highest BCUT2D eigenvalue weighted by molar-refractivity contribution is 7.93. The molecule has 10 heteroatoms.